The molecule has 6 heteroatoms. The van der Waals surface area contributed by atoms with Gasteiger partial charge in [0.25, 0.3) is 0 Å². The first-order valence-corrected chi connectivity index (χ1v) is 9.52. The third-order valence-corrected chi connectivity index (χ3v) is 4.45. The van der Waals surface area contributed by atoms with E-state index in [9.17, 15) is 4.79 Å². The van der Waals surface area contributed by atoms with Crippen molar-refractivity contribution in [2.24, 2.45) is 0 Å². The summed E-state index contributed by atoms with van der Waals surface area (Å²) in [5.74, 6) is 1.99. The molecule has 0 fully saturated rings. The predicted octanol–water partition coefficient (Wildman–Crippen LogP) is 3.95. The van der Waals surface area contributed by atoms with E-state index < -0.39 is 0 Å². The molecule has 2 aromatic rings. The Bertz CT molecular complexity index is 779. The van der Waals surface area contributed by atoms with Gasteiger partial charge in [-0.2, -0.15) is 0 Å². The second kappa shape index (κ2) is 10.6. The van der Waals surface area contributed by atoms with Crippen LogP contribution in [0.3, 0.4) is 0 Å². The number of nitrogens with zero attached hydrogens (tertiary/aromatic N) is 1. The number of methoxy groups -OCH3 is 1. The normalized spacial score (nSPS) is 11.8. The quantitative estimate of drug-likeness (QED) is 0.670. The summed E-state index contributed by atoms with van der Waals surface area (Å²) in [6.45, 7) is 7.46. The molecule has 0 aliphatic carbocycles. The molecular weight excluding hydrogens is 356 g/mol. The van der Waals surface area contributed by atoms with E-state index in [2.05, 4.69) is 5.32 Å². The second-order valence-corrected chi connectivity index (χ2v) is 6.43. The maximum atomic E-state index is 12.7. The van der Waals surface area contributed by atoms with Gasteiger partial charge < -0.3 is 19.5 Å². The first-order valence-electron chi connectivity index (χ1n) is 9.52. The lowest BCUT2D eigenvalue weighted by Gasteiger charge is -2.24. The van der Waals surface area contributed by atoms with E-state index in [1.54, 1.807) is 7.11 Å². The number of hydrogen-bond acceptors (Lipinski definition) is 5. The van der Waals surface area contributed by atoms with E-state index in [-0.39, 0.29) is 11.9 Å². The van der Waals surface area contributed by atoms with Crippen LogP contribution < -0.4 is 19.5 Å². The molecule has 1 atom stereocenters. The molecule has 0 aromatic heterocycles. The Balaban J connectivity index is 2.04. The van der Waals surface area contributed by atoms with Gasteiger partial charge in [-0.15, -0.1) is 0 Å². The summed E-state index contributed by atoms with van der Waals surface area (Å²) in [6, 6.07) is 12.9. The number of para-hydroxylation sites is 2. The number of anilines is 1. The number of benzene rings is 2. The average molecular weight is 386 g/mol. The van der Waals surface area contributed by atoms with Crippen molar-refractivity contribution in [3.63, 3.8) is 0 Å². The number of rotatable bonds is 10. The van der Waals surface area contributed by atoms with Crippen LogP contribution in [0.5, 0.6) is 17.2 Å². The number of ether oxygens (including phenoxy) is 3. The Labute approximate surface area is 167 Å². The predicted molar refractivity (Wildman–Crippen MR) is 111 cm³/mol. The third-order valence-electron chi connectivity index (χ3n) is 4.45. The van der Waals surface area contributed by atoms with Gasteiger partial charge in [-0.05, 0) is 57.6 Å². The lowest BCUT2D eigenvalue weighted by molar-refractivity contribution is -0.120. The minimum Gasteiger partial charge on any atom is -0.493 e. The Morgan fingerprint density at radius 2 is 1.71 bits per heavy atom. The van der Waals surface area contributed by atoms with Gasteiger partial charge in [0.05, 0.1) is 32.1 Å². The zero-order chi connectivity index (χ0) is 20.5. The lowest BCUT2D eigenvalue weighted by atomic mass is 10.1. The molecule has 0 aliphatic heterocycles. The fraction of sp³-hybridized carbons (Fsp3) is 0.409. The van der Waals surface area contributed by atoms with Crippen LogP contribution in [0.4, 0.5) is 5.69 Å². The molecule has 0 unspecified atom stereocenters. The molecule has 1 amide bonds. The molecule has 28 heavy (non-hydrogen) atoms. The molecule has 0 heterocycles. The van der Waals surface area contributed by atoms with Crippen LogP contribution in [0.15, 0.2) is 42.5 Å². The van der Waals surface area contributed by atoms with E-state index in [4.69, 9.17) is 14.2 Å². The number of amides is 1. The molecule has 2 rings (SSSR count). The van der Waals surface area contributed by atoms with Crippen LogP contribution in [0.1, 0.15) is 26.3 Å². The molecule has 0 aliphatic rings. The van der Waals surface area contributed by atoms with Crippen LogP contribution in [0.25, 0.3) is 0 Å². The average Bonchev–Trinajstić information content (AvgIpc) is 2.70. The number of carbonyl (C=O) groups excluding carboxylic acids is 1. The number of likely N-dealkylation sites (N-methyl/N-ethyl adjacent to an activating group) is 1. The Morgan fingerprint density at radius 3 is 2.39 bits per heavy atom. The van der Waals surface area contributed by atoms with Gasteiger partial charge in [0.2, 0.25) is 5.91 Å². The Morgan fingerprint density at radius 1 is 1.04 bits per heavy atom. The fourth-order valence-corrected chi connectivity index (χ4v) is 2.80. The van der Waals surface area contributed by atoms with Gasteiger partial charge in [-0.25, -0.2) is 0 Å². The summed E-state index contributed by atoms with van der Waals surface area (Å²) in [6.07, 6.45) is 0. The maximum Gasteiger partial charge on any atom is 0.241 e. The van der Waals surface area contributed by atoms with Gasteiger partial charge in [0.1, 0.15) is 5.75 Å². The standard InChI is InChI=1S/C22H30N2O4/c1-6-27-19-11-9-8-10-18(19)23-22(25)16(3)24(4)15-17-12-13-20(28-7-2)21(14-17)26-5/h8-14,16H,6-7,15H2,1-5H3,(H,23,25)/t16-/m0/s1. The summed E-state index contributed by atoms with van der Waals surface area (Å²) in [4.78, 5) is 14.7. The van der Waals surface area contributed by atoms with Crippen molar-refractivity contribution in [1.29, 1.82) is 0 Å². The smallest absolute Gasteiger partial charge is 0.241 e. The molecular formula is C22H30N2O4. The molecule has 0 saturated heterocycles. The van der Waals surface area contributed by atoms with Gasteiger partial charge >= 0.3 is 0 Å². The van der Waals surface area contributed by atoms with Crippen molar-refractivity contribution in [2.45, 2.75) is 33.4 Å². The van der Waals surface area contributed by atoms with Crippen LogP contribution in [-0.4, -0.2) is 44.2 Å². The first-order chi connectivity index (χ1) is 13.5. The molecule has 0 radical (unpaired) electrons. The monoisotopic (exact) mass is 386 g/mol. The highest BCUT2D eigenvalue weighted by Gasteiger charge is 2.20. The second-order valence-electron chi connectivity index (χ2n) is 6.43. The SMILES string of the molecule is CCOc1ccccc1NC(=O)[C@H](C)N(C)Cc1ccc(OCC)c(OC)c1. The molecule has 6 nitrogen and oxygen atoms in total. The zero-order valence-electron chi connectivity index (χ0n) is 17.3. The Kier molecular flexibility index (Phi) is 8.14. The molecule has 0 saturated carbocycles. The summed E-state index contributed by atoms with van der Waals surface area (Å²) < 4.78 is 16.5. The third kappa shape index (κ3) is 5.63. The topological polar surface area (TPSA) is 60.0 Å². The highest BCUT2D eigenvalue weighted by Crippen LogP contribution is 2.29. The van der Waals surface area contributed by atoms with Gasteiger partial charge in [-0.3, -0.25) is 9.69 Å². The Hall–Kier alpha value is -2.73. The van der Waals surface area contributed by atoms with Crippen LogP contribution in [0, 0.1) is 0 Å². The molecule has 152 valence electrons. The fourth-order valence-electron chi connectivity index (χ4n) is 2.80. The van der Waals surface area contributed by atoms with Crippen LogP contribution in [-0.2, 0) is 11.3 Å². The summed E-state index contributed by atoms with van der Waals surface area (Å²) in [5.41, 5.74) is 1.72. The van der Waals surface area contributed by atoms with Crippen molar-refractivity contribution >= 4 is 11.6 Å². The molecule has 1 N–H and O–H groups in total. The first kappa shape index (κ1) is 21.6. The lowest BCUT2D eigenvalue weighted by Crippen LogP contribution is -2.39. The van der Waals surface area contributed by atoms with Crippen molar-refractivity contribution in [3.05, 3.63) is 48.0 Å². The number of nitrogens with one attached hydrogen (secondary N) is 1. The molecule has 0 bridgehead atoms. The van der Waals surface area contributed by atoms with E-state index in [1.165, 1.54) is 0 Å². The highest BCUT2D eigenvalue weighted by atomic mass is 16.5. The minimum atomic E-state index is -0.327. The summed E-state index contributed by atoms with van der Waals surface area (Å²) in [7, 11) is 3.54. The molecule has 0 spiro atoms. The van der Waals surface area contributed by atoms with Crippen molar-refractivity contribution in [2.75, 3.05) is 32.7 Å². The summed E-state index contributed by atoms with van der Waals surface area (Å²) in [5, 5.41) is 2.96. The largest absolute Gasteiger partial charge is 0.493 e. The van der Waals surface area contributed by atoms with Crippen molar-refractivity contribution < 1.29 is 19.0 Å². The van der Waals surface area contributed by atoms with Gasteiger partial charge in [0, 0.05) is 6.54 Å². The van der Waals surface area contributed by atoms with Crippen LogP contribution in [0.2, 0.25) is 0 Å². The summed E-state index contributed by atoms with van der Waals surface area (Å²) >= 11 is 0. The maximum absolute atomic E-state index is 12.7. The van der Waals surface area contributed by atoms with E-state index in [1.807, 2.05) is 75.2 Å². The van der Waals surface area contributed by atoms with Crippen molar-refractivity contribution in [3.8, 4) is 17.2 Å². The van der Waals surface area contributed by atoms with Gasteiger partial charge in [0.15, 0.2) is 11.5 Å². The van der Waals surface area contributed by atoms with Crippen molar-refractivity contribution in [1.82, 2.24) is 4.90 Å². The highest BCUT2D eigenvalue weighted by molar-refractivity contribution is 5.95. The van der Waals surface area contributed by atoms with E-state index >= 15 is 0 Å². The van der Waals surface area contributed by atoms with Crippen LogP contribution >= 0.6 is 0 Å². The molecule has 2 aromatic carbocycles. The van der Waals surface area contributed by atoms with Gasteiger partial charge in [-0.1, -0.05) is 18.2 Å². The zero-order valence-corrected chi connectivity index (χ0v) is 17.3. The number of carbonyl (C=O) groups is 1. The minimum absolute atomic E-state index is 0.0902. The number of hydrogen-bond donors (Lipinski definition) is 1. The van der Waals surface area contributed by atoms with E-state index in [0.29, 0.717) is 36.9 Å². The van der Waals surface area contributed by atoms with E-state index in [0.717, 1.165) is 11.3 Å².